The van der Waals surface area contributed by atoms with Crippen molar-refractivity contribution in [2.45, 2.75) is 97.8 Å². The van der Waals surface area contributed by atoms with E-state index < -0.39 is 0 Å². The average molecular weight is 401 g/mol. The van der Waals surface area contributed by atoms with Crippen LogP contribution >= 0.6 is 0 Å². The predicted octanol–water partition coefficient (Wildman–Crippen LogP) is 3.48. The van der Waals surface area contributed by atoms with Crippen LogP contribution in [0.25, 0.3) is 0 Å². The van der Waals surface area contributed by atoms with Crippen LogP contribution in [0.4, 0.5) is 0 Å². The van der Waals surface area contributed by atoms with E-state index in [1.54, 1.807) is 0 Å². The summed E-state index contributed by atoms with van der Waals surface area (Å²) in [5.74, 6) is 0.297. The highest BCUT2D eigenvalue weighted by molar-refractivity contribution is 5.85. The lowest BCUT2D eigenvalue weighted by Gasteiger charge is -2.27. The maximum absolute atomic E-state index is 12.0. The summed E-state index contributed by atoms with van der Waals surface area (Å²) in [6.07, 6.45) is 3.72. The van der Waals surface area contributed by atoms with Gasteiger partial charge in [-0.1, -0.05) is 13.8 Å². The second-order valence-electron chi connectivity index (χ2n) is 9.31. The molecule has 6 heteroatoms. The minimum absolute atomic E-state index is 0.00478. The molecule has 0 fully saturated rings. The van der Waals surface area contributed by atoms with Gasteiger partial charge in [-0.2, -0.15) is 0 Å². The number of unbranched alkanes of at least 4 members (excludes halogenated alkanes) is 1. The molecule has 0 aromatic rings. The fourth-order valence-electron chi connectivity index (χ4n) is 2.72. The van der Waals surface area contributed by atoms with E-state index in [2.05, 4.69) is 10.6 Å². The Hall–Kier alpha value is -0.980. The SMILES string of the molecule is CNC(CCCCNC(=O)CCOC(C)(C)CCOC(C)(C)C)C(=O)C(C)C. The summed E-state index contributed by atoms with van der Waals surface area (Å²) in [6.45, 7) is 15.7. The first-order valence-electron chi connectivity index (χ1n) is 10.6. The summed E-state index contributed by atoms with van der Waals surface area (Å²) in [5, 5.41) is 6.01. The summed E-state index contributed by atoms with van der Waals surface area (Å²) >= 11 is 0. The van der Waals surface area contributed by atoms with Crippen molar-refractivity contribution in [3.05, 3.63) is 0 Å². The Bertz CT molecular complexity index is 456. The highest BCUT2D eigenvalue weighted by Crippen LogP contribution is 2.17. The maximum Gasteiger partial charge on any atom is 0.222 e. The molecule has 0 radical (unpaired) electrons. The van der Waals surface area contributed by atoms with Gasteiger partial charge >= 0.3 is 0 Å². The van der Waals surface area contributed by atoms with Gasteiger partial charge in [-0.05, 0) is 67.3 Å². The van der Waals surface area contributed by atoms with Gasteiger partial charge in [0.25, 0.3) is 0 Å². The van der Waals surface area contributed by atoms with Crippen LogP contribution in [0.2, 0.25) is 0 Å². The molecule has 0 aliphatic rings. The Morgan fingerprint density at radius 2 is 1.61 bits per heavy atom. The molecule has 28 heavy (non-hydrogen) atoms. The summed E-state index contributed by atoms with van der Waals surface area (Å²) in [4.78, 5) is 23.9. The van der Waals surface area contributed by atoms with Crippen LogP contribution in [0.1, 0.15) is 80.6 Å². The molecular formula is C22H44N2O4. The van der Waals surface area contributed by atoms with Crippen LogP contribution < -0.4 is 10.6 Å². The first-order valence-corrected chi connectivity index (χ1v) is 10.6. The molecule has 1 amide bonds. The molecule has 1 atom stereocenters. The van der Waals surface area contributed by atoms with Crippen molar-refractivity contribution in [2.24, 2.45) is 5.92 Å². The number of nitrogens with one attached hydrogen (secondary N) is 2. The lowest BCUT2D eigenvalue weighted by Crippen LogP contribution is -2.37. The Balaban J connectivity index is 3.86. The van der Waals surface area contributed by atoms with Crippen LogP contribution in [-0.2, 0) is 19.1 Å². The molecule has 0 aromatic carbocycles. The molecule has 1 unspecified atom stereocenters. The number of ketones is 1. The number of hydrogen-bond donors (Lipinski definition) is 2. The predicted molar refractivity (Wildman–Crippen MR) is 115 cm³/mol. The number of amides is 1. The fourth-order valence-corrected chi connectivity index (χ4v) is 2.72. The molecule has 0 heterocycles. The zero-order valence-corrected chi connectivity index (χ0v) is 19.4. The number of ether oxygens (including phenoxy) is 2. The van der Waals surface area contributed by atoms with Crippen molar-refractivity contribution in [3.8, 4) is 0 Å². The zero-order valence-electron chi connectivity index (χ0n) is 19.4. The van der Waals surface area contributed by atoms with E-state index in [1.165, 1.54) is 0 Å². The third kappa shape index (κ3) is 14.1. The molecule has 6 nitrogen and oxygen atoms in total. The molecule has 0 bridgehead atoms. The van der Waals surface area contributed by atoms with E-state index in [-0.39, 0.29) is 34.9 Å². The molecule has 0 aliphatic heterocycles. The summed E-state index contributed by atoms with van der Waals surface area (Å²) in [7, 11) is 1.82. The van der Waals surface area contributed by atoms with Crippen LogP contribution in [0.5, 0.6) is 0 Å². The van der Waals surface area contributed by atoms with Gasteiger partial charge in [0.1, 0.15) is 0 Å². The fraction of sp³-hybridized carbons (Fsp3) is 0.909. The highest BCUT2D eigenvalue weighted by atomic mass is 16.5. The lowest BCUT2D eigenvalue weighted by molar-refractivity contribution is -0.125. The average Bonchev–Trinajstić information content (AvgIpc) is 2.55. The number of Topliss-reactive ketones (excluding diaryl/α,β-unsaturated/α-hetero) is 1. The van der Waals surface area contributed by atoms with Crippen LogP contribution in [-0.4, -0.2) is 55.7 Å². The summed E-state index contributed by atoms with van der Waals surface area (Å²) < 4.78 is 11.6. The zero-order chi connectivity index (χ0) is 21.8. The van der Waals surface area contributed by atoms with Crippen LogP contribution in [0.3, 0.4) is 0 Å². The smallest absolute Gasteiger partial charge is 0.222 e. The van der Waals surface area contributed by atoms with E-state index in [0.29, 0.717) is 26.2 Å². The molecule has 0 spiro atoms. The quantitative estimate of drug-likeness (QED) is 0.412. The van der Waals surface area contributed by atoms with E-state index in [0.717, 1.165) is 25.7 Å². The second kappa shape index (κ2) is 13.3. The van der Waals surface area contributed by atoms with Crippen molar-refractivity contribution in [3.63, 3.8) is 0 Å². The highest BCUT2D eigenvalue weighted by Gasteiger charge is 2.21. The van der Waals surface area contributed by atoms with E-state index in [4.69, 9.17) is 9.47 Å². The Morgan fingerprint density at radius 1 is 0.964 bits per heavy atom. The number of rotatable bonds is 15. The Kier molecular flexibility index (Phi) is 12.8. The van der Waals surface area contributed by atoms with Gasteiger partial charge in [-0.15, -0.1) is 0 Å². The molecule has 0 aromatic heterocycles. The van der Waals surface area contributed by atoms with Crippen molar-refractivity contribution in [1.29, 1.82) is 0 Å². The largest absolute Gasteiger partial charge is 0.376 e. The maximum atomic E-state index is 12.0. The third-order valence-electron chi connectivity index (χ3n) is 4.56. The lowest BCUT2D eigenvalue weighted by atomic mass is 9.97. The Labute approximate surface area is 172 Å². The molecular weight excluding hydrogens is 356 g/mol. The number of likely N-dealkylation sites (N-methyl/N-ethyl adjacent to an activating group) is 1. The van der Waals surface area contributed by atoms with E-state index in [9.17, 15) is 9.59 Å². The topological polar surface area (TPSA) is 76.7 Å². The molecule has 166 valence electrons. The third-order valence-corrected chi connectivity index (χ3v) is 4.56. The first kappa shape index (κ1) is 27.0. The molecule has 2 N–H and O–H groups in total. The van der Waals surface area contributed by atoms with Gasteiger partial charge in [-0.3, -0.25) is 9.59 Å². The van der Waals surface area contributed by atoms with Crippen LogP contribution in [0, 0.1) is 5.92 Å². The van der Waals surface area contributed by atoms with Gasteiger partial charge in [0.15, 0.2) is 5.78 Å². The van der Waals surface area contributed by atoms with Crippen molar-refractivity contribution in [2.75, 3.05) is 26.8 Å². The molecule has 0 rings (SSSR count). The van der Waals surface area contributed by atoms with Crippen molar-refractivity contribution in [1.82, 2.24) is 10.6 Å². The first-order chi connectivity index (χ1) is 12.9. The van der Waals surface area contributed by atoms with Gasteiger partial charge in [-0.25, -0.2) is 0 Å². The van der Waals surface area contributed by atoms with Gasteiger partial charge in [0.05, 0.1) is 23.9 Å². The summed E-state index contributed by atoms with van der Waals surface area (Å²) in [6, 6.07) is -0.0893. The van der Waals surface area contributed by atoms with Gasteiger partial charge in [0.2, 0.25) is 5.91 Å². The number of carbonyl (C=O) groups excluding carboxylic acids is 2. The standard InChI is InChI=1S/C22H44N2O4/c1-17(2)20(26)18(23-8)11-9-10-14-24-19(25)12-15-28-22(6,7)13-16-27-21(3,4)5/h17-18,23H,9-16H2,1-8H3,(H,24,25). The summed E-state index contributed by atoms with van der Waals surface area (Å²) in [5.41, 5.74) is -0.456. The van der Waals surface area contributed by atoms with Crippen molar-refractivity contribution < 1.29 is 19.1 Å². The van der Waals surface area contributed by atoms with Gasteiger partial charge < -0.3 is 20.1 Å². The monoisotopic (exact) mass is 400 g/mol. The van der Waals surface area contributed by atoms with Crippen molar-refractivity contribution >= 4 is 11.7 Å². The van der Waals surface area contributed by atoms with Crippen LogP contribution in [0.15, 0.2) is 0 Å². The molecule has 0 saturated heterocycles. The minimum Gasteiger partial charge on any atom is -0.376 e. The second-order valence-corrected chi connectivity index (χ2v) is 9.31. The Morgan fingerprint density at radius 3 is 2.14 bits per heavy atom. The van der Waals surface area contributed by atoms with E-state index in [1.807, 2.05) is 55.5 Å². The van der Waals surface area contributed by atoms with Gasteiger partial charge in [0, 0.05) is 25.5 Å². The normalized spacial score (nSPS) is 13.6. The number of carbonyl (C=O) groups is 2. The number of hydrogen-bond acceptors (Lipinski definition) is 5. The van der Waals surface area contributed by atoms with E-state index >= 15 is 0 Å². The molecule has 0 aliphatic carbocycles. The molecule has 0 saturated carbocycles. The minimum atomic E-state index is -0.309.